The van der Waals surface area contributed by atoms with E-state index in [2.05, 4.69) is 5.32 Å². The van der Waals surface area contributed by atoms with Crippen LogP contribution in [0, 0.1) is 5.92 Å². The quantitative estimate of drug-likeness (QED) is 0.939. The number of para-hydroxylation sites is 1. The van der Waals surface area contributed by atoms with Crippen molar-refractivity contribution in [1.29, 1.82) is 0 Å². The number of benzene rings is 1. The van der Waals surface area contributed by atoms with Crippen LogP contribution in [0.3, 0.4) is 0 Å². The summed E-state index contributed by atoms with van der Waals surface area (Å²) >= 11 is 0. The van der Waals surface area contributed by atoms with Crippen LogP contribution in [0.4, 0.5) is 0 Å². The molecule has 1 amide bonds. The fraction of sp³-hybridized carbons (Fsp3) is 0.353. The lowest BCUT2D eigenvalue weighted by Gasteiger charge is -2.13. The van der Waals surface area contributed by atoms with E-state index in [4.69, 9.17) is 9.15 Å². The van der Waals surface area contributed by atoms with E-state index in [1.165, 1.54) is 0 Å². The lowest BCUT2D eigenvalue weighted by atomic mass is 9.96. The number of hydrogen-bond acceptors (Lipinski definition) is 3. The molecule has 4 heteroatoms. The Morgan fingerprint density at radius 2 is 2.14 bits per heavy atom. The van der Waals surface area contributed by atoms with Gasteiger partial charge in [-0.3, -0.25) is 4.79 Å². The summed E-state index contributed by atoms with van der Waals surface area (Å²) in [6.45, 7) is 1.19. The molecular weight excluding hydrogens is 266 g/mol. The van der Waals surface area contributed by atoms with Crippen molar-refractivity contribution in [2.75, 3.05) is 13.2 Å². The van der Waals surface area contributed by atoms with Crippen LogP contribution < -0.4 is 10.1 Å². The summed E-state index contributed by atoms with van der Waals surface area (Å²) in [5.74, 6) is 1.88. The first-order chi connectivity index (χ1) is 10.3. The molecule has 1 atom stereocenters. The van der Waals surface area contributed by atoms with Crippen molar-refractivity contribution in [3.05, 3.63) is 54.0 Å². The normalized spacial score (nSPS) is 17.4. The Balaban J connectivity index is 1.55. The molecule has 0 aliphatic carbocycles. The second kappa shape index (κ2) is 6.48. The Morgan fingerprint density at radius 3 is 3.00 bits per heavy atom. The molecule has 3 rings (SSSR count). The molecule has 0 spiro atoms. The molecule has 0 saturated carbocycles. The number of carbonyl (C=O) groups is 1. The van der Waals surface area contributed by atoms with E-state index in [9.17, 15) is 4.79 Å². The molecule has 1 aromatic heterocycles. The molecular formula is C17H19NO3. The van der Waals surface area contributed by atoms with Crippen molar-refractivity contribution in [2.45, 2.75) is 19.3 Å². The number of fused-ring (bicyclic) bond motifs is 1. The maximum atomic E-state index is 12.3. The Hall–Kier alpha value is -2.23. The second-order valence-electron chi connectivity index (χ2n) is 5.27. The molecule has 2 aromatic rings. The van der Waals surface area contributed by atoms with Crippen LogP contribution in [0.15, 0.2) is 47.1 Å². The zero-order valence-electron chi connectivity index (χ0n) is 11.9. The maximum absolute atomic E-state index is 12.3. The van der Waals surface area contributed by atoms with Crippen molar-refractivity contribution in [3.8, 4) is 5.75 Å². The van der Waals surface area contributed by atoms with Crippen LogP contribution in [-0.2, 0) is 17.6 Å². The van der Waals surface area contributed by atoms with E-state index in [1.807, 2.05) is 36.4 Å². The monoisotopic (exact) mass is 285 g/mol. The van der Waals surface area contributed by atoms with Gasteiger partial charge in [0.05, 0.1) is 12.9 Å². The molecule has 110 valence electrons. The van der Waals surface area contributed by atoms with E-state index in [-0.39, 0.29) is 11.8 Å². The Bertz CT molecular complexity index is 592. The summed E-state index contributed by atoms with van der Waals surface area (Å²) in [6.07, 6.45) is 3.86. The molecule has 0 bridgehead atoms. The van der Waals surface area contributed by atoms with Crippen LogP contribution in [0.5, 0.6) is 5.75 Å². The highest BCUT2D eigenvalue weighted by molar-refractivity contribution is 5.79. The van der Waals surface area contributed by atoms with Crippen LogP contribution in [0.25, 0.3) is 0 Å². The van der Waals surface area contributed by atoms with Gasteiger partial charge >= 0.3 is 0 Å². The van der Waals surface area contributed by atoms with Crippen molar-refractivity contribution in [1.82, 2.24) is 5.32 Å². The fourth-order valence-corrected chi connectivity index (χ4v) is 2.62. The SMILES string of the molecule is O=C(NCCc1ccco1)[C@@H]1CCOc2ccccc2C1. The van der Waals surface area contributed by atoms with E-state index < -0.39 is 0 Å². The molecule has 1 aromatic carbocycles. The van der Waals surface area contributed by atoms with Gasteiger partial charge < -0.3 is 14.5 Å². The third-order valence-electron chi connectivity index (χ3n) is 3.78. The van der Waals surface area contributed by atoms with Crippen LogP contribution in [0.1, 0.15) is 17.7 Å². The lowest BCUT2D eigenvalue weighted by molar-refractivity contribution is -0.125. The second-order valence-corrected chi connectivity index (χ2v) is 5.27. The van der Waals surface area contributed by atoms with Gasteiger partial charge in [0.1, 0.15) is 11.5 Å². The number of amides is 1. The Morgan fingerprint density at radius 1 is 1.24 bits per heavy atom. The topological polar surface area (TPSA) is 51.5 Å². The van der Waals surface area contributed by atoms with Gasteiger partial charge in [-0.1, -0.05) is 18.2 Å². The minimum atomic E-state index is -0.0229. The molecule has 1 aliphatic rings. The van der Waals surface area contributed by atoms with Crippen LogP contribution in [0.2, 0.25) is 0 Å². The molecule has 0 fully saturated rings. The molecule has 21 heavy (non-hydrogen) atoms. The van der Waals surface area contributed by atoms with Gasteiger partial charge in [0.2, 0.25) is 5.91 Å². The predicted octanol–water partition coefficient (Wildman–Crippen LogP) is 2.58. The van der Waals surface area contributed by atoms with E-state index >= 15 is 0 Å². The predicted molar refractivity (Wildman–Crippen MR) is 79.2 cm³/mol. The summed E-state index contributed by atoms with van der Waals surface area (Å²) in [4.78, 5) is 12.3. The van der Waals surface area contributed by atoms with E-state index in [0.29, 0.717) is 13.2 Å². The van der Waals surface area contributed by atoms with Gasteiger partial charge in [0.15, 0.2) is 0 Å². The van der Waals surface area contributed by atoms with Gasteiger partial charge in [-0.15, -0.1) is 0 Å². The van der Waals surface area contributed by atoms with Crippen molar-refractivity contribution < 1.29 is 13.9 Å². The van der Waals surface area contributed by atoms with Gasteiger partial charge in [-0.2, -0.15) is 0 Å². The first-order valence-electron chi connectivity index (χ1n) is 7.34. The largest absolute Gasteiger partial charge is 0.493 e. The number of nitrogens with one attached hydrogen (secondary N) is 1. The molecule has 0 unspecified atom stereocenters. The third-order valence-corrected chi connectivity index (χ3v) is 3.78. The van der Waals surface area contributed by atoms with Gasteiger partial charge in [0.25, 0.3) is 0 Å². The number of ether oxygens (including phenoxy) is 1. The highest BCUT2D eigenvalue weighted by atomic mass is 16.5. The number of carbonyl (C=O) groups excluding carboxylic acids is 1. The number of rotatable bonds is 4. The summed E-state index contributed by atoms with van der Waals surface area (Å²) < 4.78 is 11.0. The van der Waals surface area contributed by atoms with Crippen LogP contribution in [-0.4, -0.2) is 19.1 Å². The number of furan rings is 1. The average molecular weight is 285 g/mol. The fourth-order valence-electron chi connectivity index (χ4n) is 2.62. The lowest BCUT2D eigenvalue weighted by Crippen LogP contribution is -2.33. The standard InChI is InChI=1S/C17H19NO3/c19-17(18-9-7-15-5-3-10-20-15)14-8-11-21-16-6-2-1-4-13(16)12-14/h1-6,10,14H,7-9,11-12H2,(H,18,19)/t14-/m1/s1. The van der Waals surface area contributed by atoms with E-state index in [0.717, 1.165) is 36.3 Å². The number of hydrogen-bond donors (Lipinski definition) is 1. The zero-order chi connectivity index (χ0) is 14.5. The molecule has 2 heterocycles. The summed E-state index contributed by atoms with van der Waals surface area (Å²) in [6, 6.07) is 11.7. The van der Waals surface area contributed by atoms with Crippen molar-refractivity contribution in [2.24, 2.45) is 5.92 Å². The Labute approximate surface area is 124 Å². The smallest absolute Gasteiger partial charge is 0.223 e. The van der Waals surface area contributed by atoms with Gasteiger partial charge in [0, 0.05) is 18.9 Å². The maximum Gasteiger partial charge on any atom is 0.223 e. The molecule has 0 saturated heterocycles. The first kappa shape index (κ1) is 13.7. The highest BCUT2D eigenvalue weighted by Gasteiger charge is 2.23. The van der Waals surface area contributed by atoms with Crippen molar-refractivity contribution >= 4 is 5.91 Å². The average Bonchev–Trinajstić information content (AvgIpc) is 2.91. The summed E-state index contributed by atoms with van der Waals surface area (Å²) in [7, 11) is 0. The summed E-state index contributed by atoms with van der Waals surface area (Å²) in [5, 5.41) is 2.99. The third kappa shape index (κ3) is 3.45. The van der Waals surface area contributed by atoms with Crippen LogP contribution >= 0.6 is 0 Å². The first-order valence-corrected chi connectivity index (χ1v) is 7.34. The highest BCUT2D eigenvalue weighted by Crippen LogP contribution is 2.26. The molecule has 1 N–H and O–H groups in total. The zero-order valence-corrected chi connectivity index (χ0v) is 11.9. The summed E-state index contributed by atoms with van der Waals surface area (Å²) in [5.41, 5.74) is 1.11. The van der Waals surface area contributed by atoms with E-state index in [1.54, 1.807) is 6.26 Å². The van der Waals surface area contributed by atoms with Gasteiger partial charge in [-0.05, 0) is 36.6 Å². The minimum Gasteiger partial charge on any atom is -0.493 e. The Kier molecular flexibility index (Phi) is 4.24. The minimum absolute atomic E-state index is 0.0229. The molecule has 4 nitrogen and oxygen atoms in total. The molecule has 1 aliphatic heterocycles. The van der Waals surface area contributed by atoms with Gasteiger partial charge in [-0.25, -0.2) is 0 Å². The van der Waals surface area contributed by atoms with Crippen molar-refractivity contribution in [3.63, 3.8) is 0 Å². The molecule has 0 radical (unpaired) electrons.